The van der Waals surface area contributed by atoms with Crippen LogP contribution >= 0.6 is 11.3 Å². The van der Waals surface area contributed by atoms with Gasteiger partial charge >= 0.3 is 6.03 Å². The fraction of sp³-hybridized carbons (Fsp3) is 0.467. The molecule has 0 atom stereocenters. The molecule has 3 rings (SSSR count). The van der Waals surface area contributed by atoms with Crippen LogP contribution < -0.4 is 5.32 Å². The Hall–Kier alpha value is -2.42. The number of urea groups is 1. The number of aromatic nitrogens is 2. The molecule has 1 aliphatic rings. The maximum atomic E-state index is 12.3. The van der Waals surface area contributed by atoms with Gasteiger partial charge in [-0.3, -0.25) is 4.79 Å². The average molecular weight is 349 g/mol. The minimum absolute atomic E-state index is 0.0306. The predicted octanol–water partition coefficient (Wildman–Crippen LogP) is 1.15. The van der Waals surface area contributed by atoms with Gasteiger partial charge < -0.3 is 19.6 Å². The van der Waals surface area contributed by atoms with Gasteiger partial charge in [0.25, 0.3) is 5.91 Å². The van der Waals surface area contributed by atoms with E-state index in [1.165, 1.54) is 11.3 Å². The first-order valence-electron chi connectivity index (χ1n) is 7.77. The molecule has 1 N–H and O–H groups in total. The van der Waals surface area contributed by atoms with Gasteiger partial charge in [-0.05, 0) is 18.4 Å². The Bertz CT molecular complexity index is 692. The number of thiophene rings is 1. The van der Waals surface area contributed by atoms with Crippen molar-refractivity contribution in [2.75, 3.05) is 32.7 Å². The second-order valence-electron chi connectivity index (χ2n) is 5.51. The van der Waals surface area contributed by atoms with E-state index in [1.807, 2.05) is 16.8 Å². The molecule has 0 unspecified atom stereocenters. The summed E-state index contributed by atoms with van der Waals surface area (Å²) in [5, 5.41) is 10.3. The predicted molar refractivity (Wildman–Crippen MR) is 87.9 cm³/mol. The fourth-order valence-corrected chi connectivity index (χ4v) is 3.14. The van der Waals surface area contributed by atoms with Gasteiger partial charge in [0.1, 0.15) is 0 Å². The molecule has 0 saturated carbocycles. The van der Waals surface area contributed by atoms with Crippen molar-refractivity contribution in [1.82, 2.24) is 25.3 Å². The topological polar surface area (TPSA) is 91.6 Å². The van der Waals surface area contributed by atoms with E-state index in [0.29, 0.717) is 56.4 Å². The van der Waals surface area contributed by atoms with Crippen LogP contribution in [0.3, 0.4) is 0 Å². The summed E-state index contributed by atoms with van der Waals surface area (Å²) in [5.74, 6) is 1.13. The quantitative estimate of drug-likeness (QED) is 0.894. The van der Waals surface area contributed by atoms with Crippen LogP contribution in [0.5, 0.6) is 0 Å². The smallest absolute Gasteiger partial charge is 0.317 e. The van der Waals surface area contributed by atoms with E-state index in [-0.39, 0.29) is 11.9 Å². The summed E-state index contributed by atoms with van der Waals surface area (Å²) in [6, 6.07) is 1.69. The lowest BCUT2D eigenvalue weighted by atomic mass is 10.2. The Labute approximate surface area is 143 Å². The van der Waals surface area contributed by atoms with Crippen molar-refractivity contribution in [1.29, 1.82) is 0 Å². The molecule has 8 nitrogen and oxygen atoms in total. The van der Waals surface area contributed by atoms with E-state index in [4.69, 9.17) is 4.52 Å². The van der Waals surface area contributed by atoms with Gasteiger partial charge in [-0.1, -0.05) is 5.16 Å². The van der Waals surface area contributed by atoms with Crippen molar-refractivity contribution in [2.24, 2.45) is 0 Å². The largest absolute Gasteiger partial charge is 0.339 e. The molecule has 0 aromatic carbocycles. The lowest BCUT2D eigenvalue weighted by Gasteiger charge is -2.34. The Morgan fingerprint density at radius 2 is 2.04 bits per heavy atom. The molecule has 2 aromatic heterocycles. The zero-order chi connectivity index (χ0) is 16.9. The van der Waals surface area contributed by atoms with Crippen molar-refractivity contribution >= 4 is 23.3 Å². The van der Waals surface area contributed by atoms with Gasteiger partial charge in [0.05, 0.1) is 5.56 Å². The number of hydrogen-bond acceptors (Lipinski definition) is 6. The van der Waals surface area contributed by atoms with E-state index >= 15 is 0 Å². The molecular weight excluding hydrogens is 330 g/mol. The van der Waals surface area contributed by atoms with Crippen LogP contribution in [0.15, 0.2) is 21.3 Å². The number of piperazine rings is 1. The minimum Gasteiger partial charge on any atom is -0.339 e. The highest BCUT2D eigenvalue weighted by Gasteiger charge is 2.24. The Morgan fingerprint density at radius 1 is 1.29 bits per heavy atom. The number of aryl methyl sites for hydroxylation is 1. The summed E-state index contributed by atoms with van der Waals surface area (Å²) in [5.41, 5.74) is 0.716. The summed E-state index contributed by atoms with van der Waals surface area (Å²) in [6.45, 7) is 4.34. The van der Waals surface area contributed by atoms with Crippen molar-refractivity contribution in [3.8, 4) is 0 Å². The second kappa shape index (κ2) is 7.43. The highest BCUT2D eigenvalue weighted by atomic mass is 32.1. The van der Waals surface area contributed by atoms with E-state index in [1.54, 1.807) is 16.7 Å². The molecule has 0 radical (unpaired) electrons. The summed E-state index contributed by atoms with van der Waals surface area (Å²) in [6.07, 6.45) is 0.503. The molecule has 3 amide bonds. The molecule has 128 valence electrons. The van der Waals surface area contributed by atoms with Gasteiger partial charge in [-0.25, -0.2) is 4.79 Å². The van der Waals surface area contributed by atoms with Crippen LogP contribution in [0, 0.1) is 6.92 Å². The number of carbonyl (C=O) groups is 2. The third-order valence-electron chi connectivity index (χ3n) is 3.81. The zero-order valence-corrected chi connectivity index (χ0v) is 14.2. The summed E-state index contributed by atoms with van der Waals surface area (Å²) in [7, 11) is 0. The van der Waals surface area contributed by atoms with E-state index in [0.717, 1.165) is 0 Å². The number of amides is 3. The van der Waals surface area contributed by atoms with Crippen LogP contribution in [0.2, 0.25) is 0 Å². The van der Waals surface area contributed by atoms with Gasteiger partial charge in [-0.2, -0.15) is 16.3 Å². The van der Waals surface area contributed by atoms with E-state index in [2.05, 4.69) is 15.5 Å². The summed E-state index contributed by atoms with van der Waals surface area (Å²) < 4.78 is 5.00. The fourth-order valence-electron chi connectivity index (χ4n) is 2.51. The maximum absolute atomic E-state index is 12.3. The molecule has 0 spiro atoms. The number of hydrogen-bond donors (Lipinski definition) is 1. The van der Waals surface area contributed by atoms with Crippen molar-refractivity contribution in [2.45, 2.75) is 13.3 Å². The minimum atomic E-state index is -0.131. The highest BCUT2D eigenvalue weighted by Crippen LogP contribution is 2.12. The van der Waals surface area contributed by atoms with Crippen molar-refractivity contribution in [3.05, 3.63) is 34.1 Å². The molecule has 1 fully saturated rings. The summed E-state index contributed by atoms with van der Waals surface area (Å²) >= 11 is 1.51. The van der Waals surface area contributed by atoms with Crippen molar-refractivity contribution < 1.29 is 14.1 Å². The molecule has 0 bridgehead atoms. The van der Waals surface area contributed by atoms with Crippen molar-refractivity contribution in [3.63, 3.8) is 0 Å². The van der Waals surface area contributed by atoms with Crippen LogP contribution in [-0.4, -0.2) is 64.6 Å². The van der Waals surface area contributed by atoms with Gasteiger partial charge in [0, 0.05) is 44.5 Å². The van der Waals surface area contributed by atoms with E-state index < -0.39 is 0 Å². The molecule has 1 saturated heterocycles. The van der Waals surface area contributed by atoms with Gasteiger partial charge in [-0.15, -0.1) is 0 Å². The Morgan fingerprint density at radius 3 is 2.67 bits per heavy atom. The van der Waals surface area contributed by atoms with E-state index in [9.17, 15) is 9.59 Å². The molecule has 2 aromatic rings. The normalized spacial score (nSPS) is 14.7. The molecule has 0 aliphatic carbocycles. The SMILES string of the molecule is Cc1noc(CCNC(=O)N2CCN(C(=O)c3ccsc3)CC2)n1. The molecule has 9 heteroatoms. The maximum Gasteiger partial charge on any atom is 0.317 e. The second-order valence-corrected chi connectivity index (χ2v) is 6.29. The van der Waals surface area contributed by atoms with Crippen LogP contribution in [0.25, 0.3) is 0 Å². The highest BCUT2D eigenvalue weighted by molar-refractivity contribution is 7.08. The van der Waals surface area contributed by atoms with Crippen LogP contribution in [0.1, 0.15) is 22.1 Å². The standard InChI is InChI=1S/C15H19N5O3S/c1-11-17-13(23-18-11)2-4-16-15(22)20-7-5-19(6-8-20)14(21)12-3-9-24-10-12/h3,9-10H,2,4-8H2,1H3,(H,16,22). The number of rotatable bonds is 4. The summed E-state index contributed by atoms with van der Waals surface area (Å²) in [4.78, 5) is 32.0. The lowest BCUT2D eigenvalue weighted by Crippen LogP contribution is -2.53. The van der Waals surface area contributed by atoms with Gasteiger partial charge in [0.2, 0.25) is 5.89 Å². The van der Waals surface area contributed by atoms with Gasteiger partial charge in [0.15, 0.2) is 5.82 Å². The average Bonchev–Trinajstić information content (AvgIpc) is 3.26. The number of carbonyl (C=O) groups excluding carboxylic acids is 2. The van der Waals surface area contributed by atoms with Crippen LogP contribution in [-0.2, 0) is 6.42 Å². The Kier molecular flexibility index (Phi) is 5.09. The first-order valence-corrected chi connectivity index (χ1v) is 8.71. The Balaban J connectivity index is 1.41. The number of nitrogens with one attached hydrogen (secondary N) is 1. The molecule has 3 heterocycles. The molecule has 1 aliphatic heterocycles. The molecular formula is C15H19N5O3S. The third kappa shape index (κ3) is 3.91. The third-order valence-corrected chi connectivity index (χ3v) is 4.49. The first-order chi connectivity index (χ1) is 11.6. The monoisotopic (exact) mass is 349 g/mol. The lowest BCUT2D eigenvalue weighted by molar-refractivity contribution is 0.0665. The first kappa shape index (κ1) is 16.4. The number of nitrogens with zero attached hydrogens (tertiary/aromatic N) is 4. The molecule has 24 heavy (non-hydrogen) atoms. The zero-order valence-electron chi connectivity index (χ0n) is 13.4. The van der Waals surface area contributed by atoms with Crippen LogP contribution in [0.4, 0.5) is 4.79 Å².